The smallest absolute Gasteiger partial charge is 0.0543 e. The molecule has 2 N–H and O–H groups in total. The molecular weight excluding hydrogens is 234 g/mol. The minimum absolute atomic E-state index is 0.778. The third-order valence-electron chi connectivity index (χ3n) is 1.64. The molecule has 0 fully saturated rings. The van der Waals surface area contributed by atoms with Crippen LogP contribution in [0.1, 0.15) is 6.92 Å². The number of thioether (sulfide) groups is 2. The molecule has 0 saturated heterocycles. The number of benzene rings is 1. The fraction of sp³-hybridized carbons (Fsp3) is 0.400. The molecule has 1 rings (SSSR count). The van der Waals surface area contributed by atoms with E-state index in [1.807, 2.05) is 30.0 Å². The van der Waals surface area contributed by atoms with Crippen molar-refractivity contribution in [3.05, 3.63) is 23.2 Å². The van der Waals surface area contributed by atoms with Gasteiger partial charge in [-0.05, 0) is 24.0 Å². The molecule has 4 heteroatoms. The third-order valence-corrected chi connectivity index (χ3v) is 4.30. The largest absolute Gasteiger partial charge is 0.399 e. The van der Waals surface area contributed by atoms with E-state index in [2.05, 4.69) is 6.92 Å². The summed E-state index contributed by atoms with van der Waals surface area (Å²) >= 11 is 9.74. The molecule has 0 heterocycles. The lowest BCUT2D eigenvalue weighted by Crippen LogP contribution is -1.88. The molecule has 0 atom stereocenters. The second kappa shape index (κ2) is 6.49. The average molecular weight is 248 g/mol. The molecule has 14 heavy (non-hydrogen) atoms. The molecule has 1 aromatic rings. The van der Waals surface area contributed by atoms with Gasteiger partial charge in [0, 0.05) is 22.1 Å². The summed E-state index contributed by atoms with van der Waals surface area (Å²) in [5.41, 5.74) is 6.46. The Balaban J connectivity index is 2.45. The molecule has 0 aliphatic heterocycles. The van der Waals surface area contributed by atoms with Crippen molar-refractivity contribution in [2.45, 2.75) is 11.8 Å². The number of nitrogen functional groups attached to an aromatic ring is 1. The van der Waals surface area contributed by atoms with E-state index >= 15 is 0 Å². The van der Waals surface area contributed by atoms with Gasteiger partial charge in [0.2, 0.25) is 0 Å². The van der Waals surface area contributed by atoms with E-state index in [-0.39, 0.29) is 0 Å². The average Bonchev–Trinajstić information content (AvgIpc) is 2.18. The number of nitrogens with two attached hydrogens (primary N) is 1. The maximum absolute atomic E-state index is 6.03. The summed E-state index contributed by atoms with van der Waals surface area (Å²) in [6, 6.07) is 5.61. The number of hydrogen-bond donors (Lipinski definition) is 1. The molecule has 0 unspecified atom stereocenters. The van der Waals surface area contributed by atoms with Gasteiger partial charge in [0.05, 0.1) is 5.02 Å². The van der Waals surface area contributed by atoms with Gasteiger partial charge < -0.3 is 5.73 Å². The van der Waals surface area contributed by atoms with Crippen LogP contribution in [0, 0.1) is 0 Å². The van der Waals surface area contributed by atoms with Gasteiger partial charge in [-0.15, -0.1) is 11.8 Å². The monoisotopic (exact) mass is 247 g/mol. The minimum Gasteiger partial charge on any atom is -0.399 e. The van der Waals surface area contributed by atoms with E-state index in [4.69, 9.17) is 17.3 Å². The quantitative estimate of drug-likeness (QED) is 0.487. The van der Waals surface area contributed by atoms with Crippen molar-refractivity contribution in [2.75, 3.05) is 23.0 Å². The van der Waals surface area contributed by atoms with Crippen LogP contribution in [0.2, 0.25) is 5.02 Å². The maximum atomic E-state index is 6.03. The van der Waals surface area contributed by atoms with Gasteiger partial charge in [0.1, 0.15) is 0 Å². The number of anilines is 1. The summed E-state index contributed by atoms with van der Waals surface area (Å²) in [7, 11) is 0. The summed E-state index contributed by atoms with van der Waals surface area (Å²) in [4.78, 5) is 1.09. The molecule has 78 valence electrons. The summed E-state index contributed by atoms with van der Waals surface area (Å²) in [6.07, 6.45) is 0. The summed E-state index contributed by atoms with van der Waals surface area (Å²) in [6.45, 7) is 2.17. The molecule has 0 aliphatic rings. The van der Waals surface area contributed by atoms with Gasteiger partial charge in [-0.25, -0.2) is 0 Å². The van der Waals surface area contributed by atoms with Crippen molar-refractivity contribution in [2.24, 2.45) is 0 Å². The van der Waals surface area contributed by atoms with E-state index in [1.165, 1.54) is 5.75 Å². The number of halogens is 1. The maximum Gasteiger partial charge on any atom is 0.0543 e. The Morgan fingerprint density at radius 1 is 1.36 bits per heavy atom. The van der Waals surface area contributed by atoms with Crippen molar-refractivity contribution >= 4 is 40.8 Å². The molecule has 0 radical (unpaired) electrons. The summed E-state index contributed by atoms with van der Waals surface area (Å²) < 4.78 is 0. The van der Waals surface area contributed by atoms with E-state index in [1.54, 1.807) is 11.8 Å². The minimum atomic E-state index is 0.778. The standard InChI is InChI=1S/C10H14ClNS2/c1-2-13-5-6-14-10-7-8(12)3-4-9(10)11/h3-4,7H,2,5-6,12H2,1H3. The van der Waals surface area contributed by atoms with Crippen molar-refractivity contribution in [3.63, 3.8) is 0 Å². The van der Waals surface area contributed by atoms with Gasteiger partial charge in [0.15, 0.2) is 0 Å². The van der Waals surface area contributed by atoms with Crippen molar-refractivity contribution < 1.29 is 0 Å². The van der Waals surface area contributed by atoms with Crippen LogP contribution in [0.15, 0.2) is 23.1 Å². The van der Waals surface area contributed by atoms with Crippen LogP contribution in [0.5, 0.6) is 0 Å². The molecule has 0 aliphatic carbocycles. The lowest BCUT2D eigenvalue weighted by Gasteiger charge is -2.04. The molecule has 0 spiro atoms. The SMILES string of the molecule is CCSCCSc1cc(N)ccc1Cl. The van der Waals surface area contributed by atoms with Gasteiger partial charge in [-0.3, -0.25) is 0 Å². The highest BCUT2D eigenvalue weighted by Gasteiger charge is 2.00. The molecule has 1 aromatic carbocycles. The molecule has 1 nitrogen and oxygen atoms in total. The van der Waals surface area contributed by atoms with Crippen LogP contribution in [-0.2, 0) is 0 Å². The normalized spacial score (nSPS) is 10.4. The van der Waals surface area contributed by atoms with Gasteiger partial charge in [-0.2, -0.15) is 11.8 Å². The zero-order valence-electron chi connectivity index (χ0n) is 8.13. The van der Waals surface area contributed by atoms with Gasteiger partial charge in [-0.1, -0.05) is 18.5 Å². The molecule has 0 bridgehead atoms. The highest BCUT2D eigenvalue weighted by Crippen LogP contribution is 2.29. The van der Waals surface area contributed by atoms with Crippen LogP contribution in [0.4, 0.5) is 5.69 Å². The first-order valence-corrected chi connectivity index (χ1v) is 7.01. The molecule has 0 aromatic heterocycles. The number of hydrogen-bond acceptors (Lipinski definition) is 3. The Labute approximate surface area is 98.8 Å². The number of rotatable bonds is 5. The lowest BCUT2D eigenvalue weighted by molar-refractivity contribution is 1.43. The van der Waals surface area contributed by atoms with E-state index in [9.17, 15) is 0 Å². The Morgan fingerprint density at radius 3 is 2.86 bits per heavy atom. The van der Waals surface area contributed by atoms with Crippen molar-refractivity contribution in [3.8, 4) is 0 Å². The second-order valence-corrected chi connectivity index (χ2v) is 5.67. The first-order chi connectivity index (χ1) is 6.74. The topological polar surface area (TPSA) is 26.0 Å². The molecular formula is C10H14ClNS2. The van der Waals surface area contributed by atoms with Crippen molar-refractivity contribution in [1.82, 2.24) is 0 Å². The van der Waals surface area contributed by atoms with Gasteiger partial charge >= 0.3 is 0 Å². The Morgan fingerprint density at radius 2 is 2.14 bits per heavy atom. The molecule has 0 saturated carbocycles. The second-order valence-electron chi connectivity index (χ2n) is 2.74. The van der Waals surface area contributed by atoms with Gasteiger partial charge in [0.25, 0.3) is 0 Å². The molecule has 0 amide bonds. The van der Waals surface area contributed by atoms with E-state index < -0.39 is 0 Å². The van der Waals surface area contributed by atoms with Crippen LogP contribution in [0.25, 0.3) is 0 Å². The summed E-state index contributed by atoms with van der Waals surface area (Å²) in [5, 5.41) is 0.797. The highest BCUT2D eigenvalue weighted by molar-refractivity contribution is 8.03. The van der Waals surface area contributed by atoms with Crippen LogP contribution in [0.3, 0.4) is 0 Å². The Kier molecular flexibility index (Phi) is 5.60. The first-order valence-electron chi connectivity index (χ1n) is 4.49. The highest BCUT2D eigenvalue weighted by atomic mass is 35.5. The van der Waals surface area contributed by atoms with Crippen LogP contribution >= 0.6 is 35.1 Å². The predicted octanol–water partition coefficient (Wildman–Crippen LogP) is 3.77. The predicted molar refractivity (Wildman–Crippen MR) is 69.6 cm³/mol. The van der Waals surface area contributed by atoms with Crippen LogP contribution < -0.4 is 5.73 Å². The van der Waals surface area contributed by atoms with Crippen LogP contribution in [-0.4, -0.2) is 17.3 Å². The Hall–Kier alpha value is 0.01000. The van der Waals surface area contributed by atoms with E-state index in [0.717, 1.165) is 27.1 Å². The fourth-order valence-electron chi connectivity index (χ4n) is 0.985. The van der Waals surface area contributed by atoms with E-state index in [0.29, 0.717) is 0 Å². The summed E-state index contributed by atoms with van der Waals surface area (Å²) in [5.74, 6) is 3.42. The first kappa shape index (κ1) is 12.1. The Bertz CT molecular complexity index is 291. The van der Waals surface area contributed by atoms with Crippen molar-refractivity contribution in [1.29, 1.82) is 0 Å². The fourth-order valence-corrected chi connectivity index (χ4v) is 3.01. The third kappa shape index (κ3) is 4.03. The lowest BCUT2D eigenvalue weighted by atomic mass is 10.3. The zero-order chi connectivity index (χ0) is 10.4. The zero-order valence-corrected chi connectivity index (χ0v) is 10.5.